The summed E-state index contributed by atoms with van der Waals surface area (Å²) in [6, 6.07) is 0. The molecule has 5 aliphatic rings. The molecule has 5 aliphatic heterocycles. The fourth-order valence-electron chi connectivity index (χ4n) is 14.7. The Morgan fingerprint density at radius 1 is 0.368 bits per heavy atom. The summed E-state index contributed by atoms with van der Waals surface area (Å²) in [6.07, 6.45) is 31.9. The van der Waals surface area contributed by atoms with Gasteiger partial charge in [0.15, 0.2) is 51.5 Å². The molecule has 15 aromatic heterocycles. The Bertz CT molecular complexity index is 5400. The Morgan fingerprint density at radius 2 is 0.693 bits per heavy atom. The van der Waals surface area contributed by atoms with Gasteiger partial charge in [-0.2, -0.15) is 73.6 Å². The molecule has 20 rings (SSSR count). The summed E-state index contributed by atoms with van der Waals surface area (Å²) in [7, 11) is 9.35. The van der Waals surface area contributed by atoms with Crippen LogP contribution < -0.4 is 55.3 Å². The number of ether oxygens (including phenoxy) is 1. The third kappa shape index (κ3) is 15.4. The van der Waals surface area contributed by atoms with Crippen molar-refractivity contribution >= 4 is 117 Å². The maximum atomic E-state index is 14.6. The normalized spacial score (nSPS) is 18.6. The lowest BCUT2D eigenvalue weighted by atomic mass is 9.95. The van der Waals surface area contributed by atoms with Crippen LogP contribution in [-0.4, -0.2) is 200 Å². The third-order valence-electron chi connectivity index (χ3n) is 20.6. The molecular weight excluding hydrogens is 1680 g/mol. The van der Waals surface area contributed by atoms with Gasteiger partial charge in [-0.15, -0.1) is 11.8 Å². The van der Waals surface area contributed by atoms with Crippen molar-refractivity contribution in [2.24, 2.45) is 35.2 Å². The molecule has 0 aromatic carbocycles. The first kappa shape index (κ1) is 77.5. The van der Waals surface area contributed by atoms with Gasteiger partial charge in [-0.1, -0.05) is 0 Å². The zero-order valence-corrected chi connectivity index (χ0v) is 68.4. The Morgan fingerprint density at radius 3 is 1.03 bits per heavy atom. The van der Waals surface area contributed by atoms with Crippen LogP contribution in [0.5, 0.6) is 0 Å². The number of fused-ring (bicyclic) bond motifs is 5. The number of nitrogen functional groups attached to an aromatic ring is 5. The highest BCUT2D eigenvalue weighted by Crippen LogP contribution is 2.41. The predicted molar refractivity (Wildman–Crippen MR) is 441 cm³/mol. The molecule has 0 amide bonds. The summed E-state index contributed by atoms with van der Waals surface area (Å²) < 4.78 is 53.9. The lowest BCUT2D eigenvalue weighted by Gasteiger charge is -2.24. The fraction of sp³-hybridized carbons (Fsp3) is 0.375. The van der Waals surface area contributed by atoms with Crippen molar-refractivity contribution in [1.29, 1.82) is 0 Å². The summed E-state index contributed by atoms with van der Waals surface area (Å²) >= 11 is 12.6. The third-order valence-corrected chi connectivity index (χ3v) is 24.3. The highest BCUT2D eigenvalue weighted by molar-refractivity contribution is 9.11. The van der Waals surface area contributed by atoms with E-state index in [1.165, 1.54) is 9.03 Å². The summed E-state index contributed by atoms with van der Waals surface area (Å²) in [5.41, 5.74) is 46.7. The molecular formula is C72H84Br3F2N35OS. The van der Waals surface area contributed by atoms with Gasteiger partial charge in [-0.25, -0.2) is 33.7 Å². The minimum absolute atomic E-state index is 0.00529. The molecule has 42 heteroatoms. The summed E-state index contributed by atoms with van der Waals surface area (Å²) in [5, 5.41) is 59.4. The van der Waals surface area contributed by atoms with E-state index in [-0.39, 0.29) is 34.8 Å². The van der Waals surface area contributed by atoms with Crippen LogP contribution in [0.15, 0.2) is 106 Å². The minimum atomic E-state index is -0.466. The Kier molecular flexibility index (Phi) is 22.6. The van der Waals surface area contributed by atoms with Crippen molar-refractivity contribution < 1.29 is 13.5 Å². The molecule has 0 aliphatic carbocycles. The number of thioether (sulfide) groups is 1. The van der Waals surface area contributed by atoms with E-state index in [2.05, 4.69) is 135 Å². The van der Waals surface area contributed by atoms with Crippen LogP contribution in [0.4, 0.5) is 37.9 Å². The minimum Gasteiger partial charge on any atom is -0.383 e. The highest BCUT2D eigenvalue weighted by Gasteiger charge is 2.32. The number of aryl methyl sites for hydroxylation is 5. The van der Waals surface area contributed by atoms with Gasteiger partial charge in [0.1, 0.15) is 23.6 Å². The van der Waals surface area contributed by atoms with Crippen molar-refractivity contribution in [2.45, 2.75) is 61.2 Å². The van der Waals surface area contributed by atoms with E-state index in [0.29, 0.717) is 64.9 Å². The molecule has 5 fully saturated rings. The van der Waals surface area contributed by atoms with Crippen molar-refractivity contribution in [1.82, 2.24) is 148 Å². The van der Waals surface area contributed by atoms with Crippen LogP contribution in [0, 0.1) is 11.6 Å². The molecule has 0 bridgehead atoms. The lowest BCUT2D eigenvalue weighted by Crippen LogP contribution is -2.34. The van der Waals surface area contributed by atoms with Crippen molar-refractivity contribution in [2.75, 3.05) is 106 Å². The molecule has 114 heavy (non-hydrogen) atoms. The molecule has 0 radical (unpaired) electrons. The van der Waals surface area contributed by atoms with Crippen LogP contribution in [0.3, 0.4) is 0 Å². The van der Waals surface area contributed by atoms with Gasteiger partial charge in [0, 0.05) is 191 Å². The first-order chi connectivity index (χ1) is 55.2. The van der Waals surface area contributed by atoms with Crippen LogP contribution in [0.2, 0.25) is 0 Å². The first-order valence-electron chi connectivity index (χ1n) is 37.1. The number of hydrogen-bond acceptors (Lipinski definition) is 27. The van der Waals surface area contributed by atoms with Crippen LogP contribution in [-0.2, 0) is 40.0 Å². The quantitative estimate of drug-likeness (QED) is 0.0648. The van der Waals surface area contributed by atoms with Crippen LogP contribution in [0.25, 0.3) is 83.9 Å². The lowest BCUT2D eigenvalue weighted by molar-refractivity contribution is 0.0247. The zero-order valence-electron chi connectivity index (χ0n) is 62.8. The van der Waals surface area contributed by atoms with Gasteiger partial charge in [-0.3, -0.25) is 23.4 Å². The van der Waals surface area contributed by atoms with Crippen molar-refractivity contribution in [3.8, 4) is 55.6 Å². The second-order valence-corrected chi connectivity index (χ2v) is 32.1. The van der Waals surface area contributed by atoms with Gasteiger partial charge < -0.3 is 60.0 Å². The number of nitrogens with one attached hydrogen (secondary N) is 5. The number of hydrogen-bond donors (Lipinski definition) is 10. The summed E-state index contributed by atoms with van der Waals surface area (Å²) in [4.78, 5) is 23.7. The van der Waals surface area contributed by atoms with E-state index in [1.807, 2.05) is 90.4 Å². The van der Waals surface area contributed by atoms with E-state index >= 15 is 0 Å². The number of aromatic nitrogens is 25. The van der Waals surface area contributed by atoms with Crippen LogP contribution in [0.1, 0.15) is 89.7 Å². The molecule has 20 heterocycles. The second-order valence-electron chi connectivity index (χ2n) is 28.4. The fourth-order valence-corrected chi connectivity index (χ4v) is 17.6. The molecule has 0 spiro atoms. The first-order valence-corrected chi connectivity index (χ1v) is 40.5. The number of rotatable bonds is 10. The van der Waals surface area contributed by atoms with E-state index < -0.39 is 11.6 Å². The molecule has 5 saturated heterocycles. The van der Waals surface area contributed by atoms with Crippen LogP contribution >= 0.6 is 59.6 Å². The molecule has 0 saturated carbocycles. The van der Waals surface area contributed by atoms with E-state index in [0.717, 1.165) is 194 Å². The standard InChI is InChI=1S/2C15H18FN7.C14H16BrN7O.C14H16BrN7S.C14H16BrN7/c2*1-22-8-10(6-19-22)11-7-20-23-14(17)12(16)13(21-15(11)23)9-3-2-4-18-5-9;2*1-21-7-8(4-18-21)9-5-19-22-13(16)11(15)12(20-14(9)22)10-6-17-2-3-23-10;1-21-7-9(5-18-21)10-6-19-22-13(16)11(15)12(20-14(10)22)8-2-3-17-4-8/h2*6-9,18H,2-5,17H2,1H3;2*4-5,7,10,17H,2-3,6,16H2,1H3;5-8,17H,2-4,16H2,1H3. The SMILES string of the molecule is Cn1cc(-c2cnn3c(N)c(Br)c(C4CCNC4)nc23)cn1.Cn1cc(-c2cnn3c(N)c(Br)c(C4CNCCO4)nc23)cn1.Cn1cc(-c2cnn3c(N)c(Br)c(C4CNCCS4)nc23)cn1.Cn1cc(-c2cnn3c(N)c(F)c(C4CCCNC4)nc23)cn1.Cn1cc(-c2cnn3c(N)c(F)c(C4CCCNC4)nc23)cn1. The molecule has 5 atom stereocenters. The number of morpholine rings is 1. The molecule has 15 aromatic rings. The second kappa shape index (κ2) is 33.2. The van der Waals surface area contributed by atoms with Gasteiger partial charge >= 0.3 is 0 Å². The molecule has 36 nitrogen and oxygen atoms in total. The maximum Gasteiger partial charge on any atom is 0.187 e. The van der Waals surface area contributed by atoms with E-state index in [4.69, 9.17) is 48.4 Å². The van der Waals surface area contributed by atoms with Crippen molar-refractivity contribution in [3.63, 3.8) is 0 Å². The van der Waals surface area contributed by atoms with Gasteiger partial charge in [0.2, 0.25) is 0 Å². The van der Waals surface area contributed by atoms with Crippen molar-refractivity contribution in [3.05, 3.63) is 146 Å². The zero-order chi connectivity index (χ0) is 79.2. The summed E-state index contributed by atoms with van der Waals surface area (Å²) in [6.45, 7) is 9.43. The number of piperidine rings is 2. The largest absolute Gasteiger partial charge is 0.383 e. The van der Waals surface area contributed by atoms with Gasteiger partial charge in [0.25, 0.3) is 0 Å². The average Bonchev–Trinajstić information content (AvgIpc) is 1.62. The Labute approximate surface area is 679 Å². The number of halogens is 5. The molecule has 5 unspecified atom stereocenters. The Balaban J connectivity index is 0.000000107. The average molecular weight is 1770 g/mol. The number of nitrogens with two attached hydrogens (primary N) is 5. The predicted octanol–water partition coefficient (Wildman–Crippen LogP) is 7.18. The maximum absolute atomic E-state index is 14.6. The van der Waals surface area contributed by atoms with Gasteiger partial charge in [-0.05, 0) is 99.5 Å². The monoisotopic (exact) mass is 1760 g/mol. The molecule has 594 valence electrons. The Hall–Kier alpha value is -10.4. The number of nitrogens with zero attached hydrogens (tertiary/aromatic N) is 25. The highest BCUT2D eigenvalue weighted by atomic mass is 79.9. The summed E-state index contributed by atoms with van der Waals surface area (Å²) in [5.74, 6) is 2.26. The topological polar surface area (TPSA) is 440 Å². The van der Waals surface area contributed by atoms with E-state index in [1.54, 1.807) is 86.5 Å². The molecule has 15 N–H and O–H groups in total. The van der Waals surface area contributed by atoms with Gasteiger partial charge in [0.05, 0.1) is 116 Å². The number of anilines is 5. The smallest absolute Gasteiger partial charge is 0.187 e. The van der Waals surface area contributed by atoms with E-state index in [9.17, 15) is 8.78 Å².